The number of likely N-dealkylation sites (tertiary alicyclic amines) is 1. The first-order chi connectivity index (χ1) is 9.17. The lowest BCUT2D eigenvalue weighted by Crippen LogP contribution is -2.49. The molecule has 104 valence electrons. The molecule has 4 nitrogen and oxygen atoms in total. The molecular formula is C15H22N2O2. The van der Waals surface area contributed by atoms with E-state index >= 15 is 0 Å². The van der Waals surface area contributed by atoms with Crippen LogP contribution in [0.3, 0.4) is 0 Å². The fraction of sp³-hybridized carbons (Fsp3) is 0.533. The smallest absolute Gasteiger partial charge is 0.407 e. The van der Waals surface area contributed by atoms with Crippen LogP contribution in [0.1, 0.15) is 18.9 Å². The predicted molar refractivity (Wildman–Crippen MR) is 74.8 cm³/mol. The number of hydrogen-bond donors (Lipinski definition) is 1. The normalized spacial score (nSPS) is 23.9. The van der Waals surface area contributed by atoms with E-state index in [1.165, 1.54) is 12.7 Å². The Morgan fingerprint density at radius 3 is 2.79 bits per heavy atom. The predicted octanol–water partition coefficient (Wildman–Crippen LogP) is 2.25. The maximum absolute atomic E-state index is 11.3. The van der Waals surface area contributed by atoms with Crippen molar-refractivity contribution in [1.82, 2.24) is 10.2 Å². The first-order valence-electron chi connectivity index (χ1n) is 6.78. The number of hydrogen-bond acceptors (Lipinski definition) is 3. The fourth-order valence-electron chi connectivity index (χ4n) is 2.76. The van der Waals surface area contributed by atoms with Gasteiger partial charge in [-0.3, -0.25) is 4.90 Å². The average Bonchev–Trinajstić information content (AvgIpc) is 2.39. The molecule has 1 N–H and O–H groups in total. The molecule has 1 heterocycles. The van der Waals surface area contributed by atoms with Crippen LogP contribution in [-0.4, -0.2) is 37.2 Å². The van der Waals surface area contributed by atoms with E-state index in [0.717, 1.165) is 26.1 Å². The second kappa shape index (κ2) is 6.57. The highest BCUT2D eigenvalue weighted by molar-refractivity contribution is 5.67. The Balaban J connectivity index is 1.92. The number of ether oxygens (including phenoxy) is 1. The number of methoxy groups -OCH3 is 1. The zero-order chi connectivity index (χ0) is 13.7. The molecule has 0 aromatic heterocycles. The van der Waals surface area contributed by atoms with E-state index in [1.807, 2.05) is 6.07 Å². The van der Waals surface area contributed by atoms with Crippen LogP contribution >= 0.6 is 0 Å². The lowest BCUT2D eigenvalue weighted by atomic mass is 9.95. The van der Waals surface area contributed by atoms with Crippen LogP contribution in [0.5, 0.6) is 0 Å². The zero-order valence-corrected chi connectivity index (χ0v) is 11.6. The van der Waals surface area contributed by atoms with Gasteiger partial charge in [0.1, 0.15) is 0 Å². The highest BCUT2D eigenvalue weighted by Crippen LogP contribution is 2.18. The first-order valence-corrected chi connectivity index (χ1v) is 6.78. The number of nitrogens with zero attached hydrogens (tertiary/aromatic N) is 1. The van der Waals surface area contributed by atoms with E-state index in [4.69, 9.17) is 0 Å². The topological polar surface area (TPSA) is 41.6 Å². The molecule has 4 heteroatoms. The number of rotatable bonds is 3. The monoisotopic (exact) mass is 262 g/mol. The number of alkyl carbamates (subject to hydrolysis) is 1. The minimum Gasteiger partial charge on any atom is -0.453 e. The van der Waals surface area contributed by atoms with Gasteiger partial charge in [0.25, 0.3) is 0 Å². The van der Waals surface area contributed by atoms with Crippen molar-refractivity contribution >= 4 is 6.09 Å². The quantitative estimate of drug-likeness (QED) is 0.908. The summed E-state index contributed by atoms with van der Waals surface area (Å²) in [4.78, 5) is 13.7. The summed E-state index contributed by atoms with van der Waals surface area (Å²) >= 11 is 0. The summed E-state index contributed by atoms with van der Waals surface area (Å²) in [6, 6.07) is 10.6. The Bertz CT molecular complexity index is 408. The largest absolute Gasteiger partial charge is 0.453 e. The van der Waals surface area contributed by atoms with Gasteiger partial charge < -0.3 is 10.1 Å². The van der Waals surface area contributed by atoms with Gasteiger partial charge in [0.15, 0.2) is 0 Å². The van der Waals surface area contributed by atoms with Gasteiger partial charge in [-0.2, -0.15) is 0 Å². The van der Waals surface area contributed by atoms with Gasteiger partial charge in [0.2, 0.25) is 0 Å². The Morgan fingerprint density at radius 1 is 1.37 bits per heavy atom. The Morgan fingerprint density at radius 2 is 2.11 bits per heavy atom. The molecule has 0 bridgehead atoms. The minimum atomic E-state index is -0.334. The van der Waals surface area contributed by atoms with E-state index in [-0.39, 0.29) is 12.1 Å². The van der Waals surface area contributed by atoms with Gasteiger partial charge in [0, 0.05) is 25.7 Å². The van der Waals surface area contributed by atoms with Crippen molar-refractivity contribution in [1.29, 1.82) is 0 Å². The molecule has 2 unspecified atom stereocenters. The zero-order valence-electron chi connectivity index (χ0n) is 11.6. The molecule has 1 fully saturated rings. The lowest BCUT2D eigenvalue weighted by molar-refractivity contribution is 0.126. The highest BCUT2D eigenvalue weighted by Gasteiger charge is 2.25. The van der Waals surface area contributed by atoms with E-state index in [0.29, 0.717) is 5.92 Å². The molecule has 19 heavy (non-hydrogen) atoms. The Kier molecular flexibility index (Phi) is 4.80. The van der Waals surface area contributed by atoms with Crippen molar-refractivity contribution < 1.29 is 9.53 Å². The van der Waals surface area contributed by atoms with Crippen molar-refractivity contribution in [2.45, 2.75) is 25.9 Å². The molecule has 2 rings (SSSR count). The summed E-state index contributed by atoms with van der Waals surface area (Å²) in [5.74, 6) is 0.583. The van der Waals surface area contributed by atoms with Crippen LogP contribution in [0.15, 0.2) is 30.3 Å². The van der Waals surface area contributed by atoms with Crippen molar-refractivity contribution in [2.24, 2.45) is 5.92 Å². The van der Waals surface area contributed by atoms with Crippen LogP contribution in [0.2, 0.25) is 0 Å². The molecule has 0 saturated carbocycles. The SMILES string of the molecule is COC(=O)NC1CC(C)CN(Cc2ccccc2)C1. The average molecular weight is 262 g/mol. The first kappa shape index (κ1) is 13.9. The number of carbonyl (C=O) groups excluding carboxylic acids is 1. The third-order valence-corrected chi connectivity index (χ3v) is 3.49. The second-order valence-electron chi connectivity index (χ2n) is 5.35. The number of carbonyl (C=O) groups is 1. The van der Waals surface area contributed by atoms with Crippen LogP contribution in [0, 0.1) is 5.92 Å². The molecule has 1 aliphatic heterocycles. The van der Waals surface area contributed by atoms with Crippen molar-refractivity contribution in [3.8, 4) is 0 Å². The van der Waals surface area contributed by atoms with Crippen LogP contribution in [0.4, 0.5) is 4.79 Å². The molecule has 1 saturated heterocycles. The van der Waals surface area contributed by atoms with Gasteiger partial charge in [-0.25, -0.2) is 4.79 Å². The van der Waals surface area contributed by atoms with Crippen molar-refractivity contribution in [3.63, 3.8) is 0 Å². The van der Waals surface area contributed by atoms with Gasteiger partial charge in [0.05, 0.1) is 7.11 Å². The minimum absolute atomic E-state index is 0.180. The molecule has 0 spiro atoms. The number of piperidine rings is 1. The van der Waals surface area contributed by atoms with Crippen LogP contribution in [0.25, 0.3) is 0 Å². The summed E-state index contributed by atoms with van der Waals surface area (Å²) in [5.41, 5.74) is 1.31. The fourth-order valence-corrected chi connectivity index (χ4v) is 2.76. The van der Waals surface area contributed by atoms with Crippen LogP contribution < -0.4 is 5.32 Å². The van der Waals surface area contributed by atoms with E-state index < -0.39 is 0 Å². The summed E-state index contributed by atoms with van der Waals surface area (Å²) in [6.45, 7) is 5.12. The molecule has 2 atom stereocenters. The second-order valence-corrected chi connectivity index (χ2v) is 5.35. The molecule has 0 radical (unpaired) electrons. The summed E-state index contributed by atoms with van der Waals surface area (Å²) in [6.07, 6.45) is 0.680. The Labute approximate surface area is 114 Å². The molecule has 1 aromatic carbocycles. The maximum Gasteiger partial charge on any atom is 0.407 e. The molecule has 1 aromatic rings. The van der Waals surface area contributed by atoms with Gasteiger partial charge in [-0.15, -0.1) is 0 Å². The van der Waals surface area contributed by atoms with Gasteiger partial charge >= 0.3 is 6.09 Å². The summed E-state index contributed by atoms with van der Waals surface area (Å²) in [7, 11) is 1.41. The van der Waals surface area contributed by atoms with Crippen LogP contribution in [-0.2, 0) is 11.3 Å². The third kappa shape index (κ3) is 4.24. The number of amides is 1. The third-order valence-electron chi connectivity index (χ3n) is 3.49. The standard InChI is InChI=1S/C15H22N2O2/c1-12-8-14(16-15(18)19-2)11-17(9-12)10-13-6-4-3-5-7-13/h3-7,12,14H,8-11H2,1-2H3,(H,16,18). The molecular weight excluding hydrogens is 240 g/mol. The lowest BCUT2D eigenvalue weighted by Gasteiger charge is -2.36. The number of nitrogens with one attached hydrogen (secondary N) is 1. The number of benzene rings is 1. The molecule has 0 aliphatic carbocycles. The van der Waals surface area contributed by atoms with E-state index in [1.54, 1.807) is 0 Å². The van der Waals surface area contributed by atoms with Crippen molar-refractivity contribution in [2.75, 3.05) is 20.2 Å². The highest BCUT2D eigenvalue weighted by atomic mass is 16.5. The molecule has 1 aliphatic rings. The van der Waals surface area contributed by atoms with E-state index in [2.05, 4.69) is 46.1 Å². The molecule has 1 amide bonds. The van der Waals surface area contributed by atoms with Gasteiger partial charge in [-0.05, 0) is 17.9 Å². The Hall–Kier alpha value is -1.55. The maximum atomic E-state index is 11.3. The van der Waals surface area contributed by atoms with E-state index in [9.17, 15) is 4.79 Å². The summed E-state index contributed by atoms with van der Waals surface area (Å²) < 4.78 is 4.67. The van der Waals surface area contributed by atoms with Crippen molar-refractivity contribution in [3.05, 3.63) is 35.9 Å². The summed E-state index contributed by atoms with van der Waals surface area (Å²) in [5, 5.41) is 2.91. The van der Waals surface area contributed by atoms with Gasteiger partial charge in [-0.1, -0.05) is 37.3 Å².